The van der Waals surface area contributed by atoms with Crippen LogP contribution in [0.1, 0.15) is 115 Å². The third-order valence-corrected chi connectivity index (χ3v) is 10.7. The Labute approximate surface area is 285 Å². The largest absolute Gasteiger partial charge is 0.494 e. The van der Waals surface area contributed by atoms with E-state index in [1.54, 1.807) is 5.01 Å². The number of hydrogen-bond acceptors (Lipinski definition) is 3. The zero-order valence-electron chi connectivity index (χ0n) is 28.2. The first-order valence-electron chi connectivity index (χ1n) is 16.8. The van der Waals surface area contributed by atoms with E-state index >= 15 is 0 Å². The highest BCUT2D eigenvalue weighted by atomic mass is 35.5. The molecule has 6 heteroatoms. The Kier molecular flexibility index (Phi) is 10.7. The average Bonchev–Trinajstić information content (AvgIpc) is 3.45. The summed E-state index contributed by atoms with van der Waals surface area (Å²) in [6.45, 7) is 14.1. The van der Waals surface area contributed by atoms with Gasteiger partial charge in [-0.2, -0.15) is 5.10 Å². The molecular weight excluding hydrogens is 611 g/mol. The van der Waals surface area contributed by atoms with Crippen molar-refractivity contribution in [3.8, 4) is 5.75 Å². The number of ether oxygens (including phenoxy) is 1. The van der Waals surface area contributed by atoms with Gasteiger partial charge in [-0.15, -0.1) is 0 Å². The molecular formula is C40H48Cl2N2O2. The first-order chi connectivity index (χ1) is 21.9. The Morgan fingerprint density at radius 1 is 0.913 bits per heavy atom. The van der Waals surface area contributed by atoms with E-state index in [1.165, 1.54) is 16.7 Å². The molecule has 3 aromatic carbocycles. The third kappa shape index (κ3) is 7.72. The van der Waals surface area contributed by atoms with Gasteiger partial charge in [-0.3, -0.25) is 4.79 Å². The fraction of sp³-hybridized carbons (Fsp3) is 0.450. The van der Waals surface area contributed by atoms with Crippen LogP contribution in [0.25, 0.3) is 6.08 Å². The van der Waals surface area contributed by atoms with Crippen LogP contribution in [0, 0.1) is 5.92 Å². The molecule has 0 saturated heterocycles. The molecule has 0 aromatic heterocycles. The first-order valence-corrected chi connectivity index (χ1v) is 17.6. The number of fused-ring (bicyclic) bond motifs is 1. The number of amides is 1. The number of rotatable bonds is 11. The van der Waals surface area contributed by atoms with Crippen molar-refractivity contribution in [1.82, 2.24) is 5.01 Å². The van der Waals surface area contributed by atoms with Crippen LogP contribution in [-0.2, 0) is 15.6 Å². The van der Waals surface area contributed by atoms with E-state index in [0.29, 0.717) is 29.5 Å². The summed E-state index contributed by atoms with van der Waals surface area (Å²) in [7, 11) is 0. The molecule has 0 unspecified atom stereocenters. The van der Waals surface area contributed by atoms with Crippen molar-refractivity contribution in [1.29, 1.82) is 0 Å². The van der Waals surface area contributed by atoms with E-state index in [1.807, 2.05) is 48.5 Å². The van der Waals surface area contributed by atoms with Gasteiger partial charge in [0.2, 0.25) is 5.91 Å². The van der Waals surface area contributed by atoms with Crippen LogP contribution in [0.2, 0.25) is 10.0 Å². The van der Waals surface area contributed by atoms with Crippen molar-refractivity contribution in [2.75, 3.05) is 6.61 Å². The van der Waals surface area contributed by atoms with Crippen LogP contribution in [0.3, 0.4) is 0 Å². The predicted molar refractivity (Wildman–Crippen MR) is 193 cm³/mol. The quantitative estimate of drug-likeness (QED) is 0.192. The highest BCUT2D eigenvalue weighted by molar-refractivity contribution is 6.30. The molecule has 5 rings (SSSR count). The van der Waals surface area contributed by atoms with E-state index in [0.717, 1.165) is 54.7 Å². The molecule has 0 radical (unpaired) electrons. The number of carbonyl (C=O) groups is 1. The van der Waals surface area contributed by atoms with Gasteiger partial charge in [0.1, 0.15) is 5.75 Å². The van der Waals surface area contributed by atoms with Gasteiger partial charge in [0.15, 0.2) is 0 Å². The molecule has 0 N–H and O–H groups in total. The molecule has 46 heavy (non-hydrogen) atoms. The maximum absolute atomic E-state index is 13.9. The Hall–Kier alpha value is -3.08. The molecule has 1 amide bonds. The van der Waals surface area contributed by atoms with Gasteiger partial charge in [-0.1, -0.05) is 95.1 Å². The maximum atomic E-state index is 13.9. The SMILES string of the molecule is CCC(C)(C)c1cc(OCCCC(=O)N2N=C3/C(=C\c4ccc(Cl)cc4)CCC[C@@H]3[C@@H]2c2ccc(Cl)cc2)cc(C(C)(C)CC)c1. The van der Waals surface area contributed by atoms with E-state index in [4.69, 9.17) is 33.0 Å². The number of benzene rings is 3. The number of hydrogen-bond donors (Lipinski definition) is 0. The summed E-state index contributed by atoms with van der Waals surface area (Å²) in [5.74, 6) is 1.04. The van der Waals surface area contributed by atoms with E-state index in [-0.39, 0.29) is 28.7 Å². The molecule has 1 heterocycles. The summed E-state index contributed by atoms with van der Waals surface area (Å²) in [4.78, 5) is 13.9. The van der Waals surface area contributed by atoms with Crippen molar-refractivity contribution in [2.24, 2.45) is 11.0 Å². The summed E-state index contributed by atoms with van der Waals surface area (Å²) in [5.41, 5.74) is 7.06. The van der Waals surface area contributed by atoms with Gasteiger partial charge < -0.3 is 4.74 Å². The van der Waals surface area contributed by atoms with Crippen LogP contribution in [-0.4, -0.2) is 23.2 Å². The van der Waals surface area contributed by atoms with Crippen molar-refractivity contribution in [3.63, 3.8) is 0 Å². The molecule has 0 spiro atoms. The molecule has 2 aliphatic rings. The molecule has 1 fully saturated rings. The van der Waals surface area contributed by atoms with Crippen LogP contribution < -0.4 is 4.74 Å². The second-order valence-electron chi connectivity index (χ2n) is 14.1. The van der Waals surface area contributed by atoms with Crippen LogP contribution in [0.4, 0.5) is 0 Å². The molecule has 4 nitrogen and oxygen atoms in total. The lowest BCUT2D eigenvalue weighted by atomic mass is 9.76. The summed E-state index contributed by atoms with van der Waals surface area (Å²) >= 11 is 12.4. The molecule has 0 bridgehead atoms. The standard InChI is InChI=1S/C40H48Cl2N2O2/c1-7-39(3,4)30-24-31(40(5,6)8-2)26-34(25-30)46-22-10-13-36(45)44-38(28-16-20-33(42)21-17-28)35-12-9-11-29(37(35)43-44)23-27-14-18-32(41)19-15-27/h14-21,23-26,35,38H,7-13,22H2,1-6H3/b29-23-/t35-,38-/m0/s1. The number of nitrogens with zero attached hydrogens (tertiary/aromatic N) is 2. The number of halogens is 2. The normalized spacial score (nSPS) is 19.3. The third-order valence-electron chi connectivity index (χ3n) is 10.2. The number of hydrazone groups is 1. The van der Waals surface area contributed by atoms with Gasteiger partial charge in [0, 0.05) is 22.4 Å². The average molecular weight is 660 g/mol. The zero-order chi connectivity index (χ0) is 33.1. The van der Waals surface area contributed by atoms with Gasteiger partial charge in [-0.25, -0.2) is 5.01 Å². The zero-order valence-corrected chi connectivity index (χ0v) is 29.7. The highest BCUT2D eigenvalue weighted by Gasteiger charge is 2.43. The van der Waals surface area contributed by atoms with Gasteiger partial charge in [0.05, 0.1) is 18.4 Å². The molecule has 2 atom stereocenters. The fourth-order valence-corrected chi connectivity index (χ4v) is 6.61. The number of allylic oxidation sites excluding steroid dienone is 1. The Bertz CT molecular complexity index is 1550. The van der Waals surface area contributed by atoms with Crippen molar-refractivity contribution < 1.29 is 9.53 Å². The lowest BCUT2D eigenvalue weighted by Gasteiger charge is -2.30. The van der Waals surface area contributed by atoms with Crippen LogP contribution in [0.15, 0.2) is 77.4 Å². The van der Waals surface area contributed by atoms with Crippen LogP contribution in [0.5, 0.6) is 5.75 Å². The first kappa shape index (κ1) is 34.3. The molecule has 244 valence electrons. The lowest BCUT2D eigenvalue weighted by molar-refractivity contribution is -0.133. The van der Waals surface area contributed by atoms with Crippen molar-refractivity contribution in [3.05, 3.63) is 105 Å². The fourth-order valence-electron chi connectivity index (χ4n) is 6.36. The summed E-state index contributed by atoms with van der Waals surface area (Å²) in [5, 5.41) is 8.20. The Morgan fingerprint density at radius 2 is 1.50 bits per heavy atom. The van der Waals surface area contributed by atoms with Gasteiger partial charge in [0.25, 0.3) is 0 Å². The molecule has 1 aliphatic heterocycles. The molecule has 1 aliphatic carbocycles. The molecule has 3 aromatic rings. The van der Waals surface area contributed by atoms with E-state index in [2.05, 4.69) is 65.8 Å². The molecule has 1 saturated carbocycles. The maximum Gasteiger partial charge on any atom is 0.243 e. The Balaban J connectivity index is 1.34. The summed E-state index contributed by atoms with van der Waals surface area (Å²) < 4.78 is 6.35. The highest BCUT2D eigenvalue weighted by Crippen LogP contribution is 2.45. The smallest absolute Gasteiger partial charge is 0.243 e. The van der Waals surface area contributed by atoms with E-state index in [9.17, 15) is 4.79 Å². The lowest BCUT2D eigenvalue weighted by Crippen LogP contribution is -2.32. The summed E-state index contributed by atoms with van der Waals surface area (Å²) in [6.07, 6.45) is 8.22. The summed E-state index contributed by atoms with van der Waals surface area (Å²) in [6, 6.07) is 22.3. The monoisotopic (exact) mass is 658 g/mol. The predicted octanol–water partition coefficient (Wildman–Crippen LogP) is 11.4. The number of carbonyl (C=O) groups excluding carboxylic acids is 1. The van der Waals surface area contributed by atoms with Gasteiger partial charge in [-0.05, 0) is 120 Å². The van der Waals surface area contributed by atoms with E-state index < -0.39 is 0 Å². The topological polar surface area (TPSA) is 41.9 Å². The minimum atomic E-state index is -0.151. The van der Waals surface area contributed by atoms with Gasteiger partial charge >= 0.3 is 0 Å². The minimum absolute atomic E-state index is 0.0185. The van der Waals surface area contributed by atoms with Crippen LogP contribution >= 0.6 is 23.2 Å². The Morgan fingerprint density at radius 3 is 2.09 bits per heavy atom. The second-order valence-corrected chi connectivity index (χ2v) is 15.0. The second kappa shape index (κ2) is 14.4. The van der Waals surface area contributed by atoms with Crippen molar-refractivity contribution >= 4 is 40.9 Å². The minimum Gasteiger partial charge on any atom is -0.494 e. The van der Waals surface area contributed by atoms with Crippen molar-refractivity contribution in [2.45, 2.75) is 103 Å².